The smallest absolute Gasteiger partial charge is 0.168 e. The molecule has 17 heavy (non-hydrogen) atoms. The van der Waals surface area contributed by atoms with E-state index in [1.165, 1.54) is 0 Å². The third-order valence-corrected chi connectivity index (χ3v) is 4.06. The van der Waals surface area contributed by atoms with Gasteiger partial charge in [0, 0.05) is 22.9 Å². The molecule has 1 aromatic carbocycles. The highest BCUT2D eigenvalue weighted by atomic mass is 35.5. The second-order valence-corrected chi connectivity index (χ2v) is 5.35. The molecule has 0 fully saturated rings. The summed E-state index contributed by atoms with van der Waals surface area (Å²) < 4.78 is 2.09. The van der Waals surface area contributed by atoms with Crippen molar-refractivity contribution in [3.05, 3.63) is 35.0 Å². The van der Waals surface area contributed by atoms with Gasteiger partial charge in [0.25, 0.3) is 0 Å². The van der Waals surface area contributed by atoms with Crippen LogP contribution in [0, 0.1) is 0 Å². The van der Waals surface area contributed by atoms with Gasteiger partial charge < -0.3 is 9.67 Å². The van der Waals surface area contributed by atoms with Crippen LogP contribution in [0.5, 0.6) is 0 Å². The minimum absolute atomic E-state index is 0.0194. The van der Waals surface area contributed by atoms with Crippen LogP contribution in [0.3, 0.4) is 0 Å². The number of aliphatic hydroxyl groups excluding tert-OH is 1. The molecule has 88 valence electrons. The maximum absolute atomic E-state index is 9.49. The number of fused-ring (bicyclic) bond motifs is 1. The van der Waals surface area contributed by atoms with Crippen molar-refractivity contribution >= 4 is 23.4 Å². The van der Waals surface area contributed by atoms with E-state index in [1.54, 1.807) is 11.8 Å². The third kappa shape index (κ3) is 1.86. The molecule has 1 aliphatic heterocycles. The first-order valence-electron chi connectivity index (χ1n) is 5.38. The number of benzene rings is 1. The summed E-state index contributed by atoms with van der Waals surface area (Å²) in [4.78, 5) is 4.58. The van der Waals surface area contributed by atoms with Crippen LogP contribution in [0.25, 0.3) is 11.3 Å². The minimum atomic E-state index is 0.0194. The lowest BCUT2D eigenvalue weighted by atomic mass is 10.1. The van der Waals surface area contributed by atoms with E-state index in [4.69, 9.17) is 11.6 Å². The summed E-state index contributed by atoms with van der Waals surface area (Å²) in [7, 11) is 0. The van der Waals surface area contributed by atoms with Gasteiger partial charge in [0.05, 0.1) is 18.0 Å². The molecule has 3 rings (SSSR count). The monoisotopic (exact) mass is 266 g/mol. The Morgan fingerprint density at radius 1 is 1.35 bits per heavy atom. The molecule has 3 nitrogen and oxygen atoms in total. The first kappa shape index (κ1) is 11.1. The second kappa shape index (κ2) is 4.37. The van der Waals surface area contributed by atoms with Crippen LogP contribution >= 0.6 is 23.4 Å². The van der Waals surface area contributed by atoms with Gasteiger partial charge in [0.2, 0.25) is 0 Å². The van der Waals surface area contributed by atoms with Crippen molar-refractivity contribution in [3.8, 4) is 11.3 Å². The molecular weight excluding hydrogens is 256 g/mol. The molecule has 0 saturated carbocycles. The predicted octanol–water partition coefficient (Wildman–Crippen LogP) is 2.80. The van der Waals surface area contributed by atoms with Crippen LogP contribution in [-0.2, 0) is 13.2 Å². The van der Waals surface area contributed by atoms with Crippen molar-refractivity contribution in [2.45, 2.75) is 18.3 Å². The first-order valence-corrected chi connectivity index (χ1v) is 6.75. The standard InChI is InChI=1S/C12H11ClN2OS/c13-9-3-1-8(2-4-9)11-10(7-16)15-5-6-17-12(15)14-11/h1-4,16H,5-7H2. The highest BCUT2D eigenvalue weighted by Crippen LogP contribution is 2.33. The first-order chi connectivity index (χ1) is 8.29. The van der Waals surface area contributed by atoms with Gasteiger partial charge in [0.1, 0.15) is 0 Å². The molecule has 0 amide bonds. The molecule has 1 aliphatic rings. The fourth-order valence-corrected chi connectivity index (χ4v) is 3.13. The fourth-order valence-electron chi connectivity index (χ4n) is 2.03. The third-order valence-electron chi connectivity index (χ3n) is 2.85. The van der Waals surface area contributed by atoms with Crippen LogP contribution < -0.4 is 0 Å². The van der Waals surface area contributed by atoms with Crippen molar-refractivity contribution in [1.29, 1.82) is 0 Å². The van der Waals surface area contributed by atoms with Gasteiger partial charge in [-0.1, -0.05) is 35.5 Å². The van der Waals surface area contributed by atoms with Crippen LogP contribution in [0.2, 0.25) is 5.02 Å². The number of hydrogen-bond acceptors (Lipinski definition) is 3. The van der Waals surface area contributed by atoms with E-state index in [9.17, 15) is 5.11 Å². The summed E-state index contributed by atoms with van der Waals surface area (Å²) in [6.07, 6.45) is 0. The Hall–Kier alpha value is -0.970. The summed E-state index contributed by atoms with van der Waals surface area (Å²) >= 11 is 7.60. The summed E-state index contributed by atoms with van der Waals surface area (Å²) in [5.41, 5.74) is 2.76. The van der Waals surface area contributed by atoms with E-state index in [-0.39, 0.29) is 6.61 Å². The summed E-state index contributed by atoms with van der Waals surface area (Å²) in [6, 6.07) is 7.56. The van der Waals surface area contributed by atoms with E-state index >= 15 is 0 Å². The Morgan fingerprint density at radius 2 is 2.12 bits per heavy atom. The van der Waals surface area contributed by atoms with E-state index in [2.05, 4.69) is 9.55 Å². The normalized spacial score (nSPS) is 14.0. The number of thioether (sulfide) groups is 1. The zero-order valence-corrected chi connectivity index (χ0v) is 10.6. The summed E-state index contributed by atoms with van der Waals surface area (Å²) in [5, 5.41) is 11.2. The number of halogens is 1. The van der Waals surface area contributed by atoms with Crippen LogP contribution in [0.1, 0.15) is 5.69 Å². The van der Waals surface area contributed by atoms with E-state index in [1.807, 2.05) is 24.3 Å². The van der Waals surface area contributed by atoms with Gasteiger partial charge in [-0.05, 0) is 12.1 Å². The Kier molecular flexibility index (Phi) is 2.86. The maximum Gasteiger partial charge on any atom is 0.168 e. The number of aliphatic hydroxyl groups is 1. The van der Waals surface area contributed by atoms with Crippen LogP contribution in [-0.4, -0.2) is 20.4 Å². The highest BCUT2D eigenvalue weighted by Gasteiger charge is 2.21. The number of rotatable bonds is 2. The maximum atomic E-state index is 9.49. The van der Waals surface area contributed by atoms with Crippen LogP contribution in [0.4, 0.5) is 0 Å². The van der Waals surface area contributed by atoms with Crippen molar-refractivity contribution in [1.82, 2.24) is 9.55 Å². The molecule has 0 spiro atoms. The average Bonchev–Trinajstić information content (AvgIpc) is 2.89. The molecule has 2 heterocycles. The van der Waals surface area contributed by atoms with E-state index < -0.39 is 0 Å². The van der Waals surface area contributed by atoms with Crippen molar-refractivity contribution in [3.63, 3.8) is 0 Å². The van der Waals surface area contributed by atoms with Crippen molar-refractivity contribution in [2.75, 3.05) is 5.75 Å². The molecule has 1 aromatic heterocycles. The van der Waals surface area contributed by atoms with Gasteiger partial charge in [0.15, 0.2) is 5.16 Å². The lowest BCUT2D eigenvalue weighted by Gasteiger charge is -2.04. The van der Waals surface area contributed by atoms with Crippen molar-refractivity contribution < 1.29 is 5.11 Å². The van der Waals surface area contributed by atoms with Gasteiger partial charge >= 0.3 is 0 Å². The SMILES string of the molecule is OCc1c(-c2ccc(Cl)cc2)nc2n1CCS2. The van der Waals surface area contributed by atoms with Gasteiger partial charge in [-0.2, -0.15) is 0 Å². The molecule has 0 unspecified atom stereocenters. The summed E-state index contributed by atoms with van der Waals surface area (Å²) in [5.74, 6) is 1.04. The lowest BCUT2D eigenvalue weighted by Crippen LogP contribution is -2.01. The number of imidazole rings is 1. The number of hydrogen-bond donors (Lipinski definition) is 1. The largest absolute Gasteiger partial charge is 0.390 e. The summed E-state index contributed by atoms with van der Waals surface area (Å²) in [6.45, 7) is 0.946. The quantitative estimate of drug-likeness (QED) is 0.908. The second-order valence-electron chi connectivity index (χ2n) is 3.85. The Balaban J connectivity index is 2.11. The zero-order valence-electron chi connectivity index (χ0n) is 9.06. The zero-order chi connectivity index (χ0) is 11.8. The van der Waals surface area contributed by atoms with Gasteiger partial charge in [-0.3, -0.25) is 0 Å². The topological polar surface area (TPSA) is 38.1 Å². The molecular formula is C12H11ClN2OS. The van der Waals surface area contributed by atoms with Gasteiger partial charge in [-0.15, -0.1) is 0 Å². The molecule has 1 N–H and O–H groups in total. The minimum Gasteiger partial charge on any atom is -0.390 e. The van der Waals surface area contributed by atoms with Crippen LogP contribution in [0.15, 0.2) is 29.4 Å². The van der Waals surface area contributed by atoms with E-state index in [0.717, 1.165) is 34.4 Å². The molecule has 5 heteroatoms. The van der Waals surface area contributed by atoms with E-state index in [0.29, 0.717) is 5.02 Å². The molecule has 0 aliphatic carbocycles. The molecule has 0 radical (unpaired) electrons. The number of aromatic nitrogens is 2. The highest BCUT2D eigenvalue weighted by molar-refractivity contribution is 7.99. The lowest BCUT2D eigenvalue weighted by molar-refractivity contribution is 0.271. The number of nitrogens with zero attached hydrogens (tertiary/aromatic N) is 2. The molecule has 0 atom stereocenters. The fraction of sp³-hybridized carbons (Fsp3) is 0.250. The molecule has 0 saturated heterocycles. The Morgan fingerprint density at radius 3 is 2.82 bits per heavy atom. The average molecular weight is 267 g/mol. The predicted molar refractivity (Wildman–Crippen MR) is 69.3 cm³/mol. The molecule has 0 bridgehead atoms. The molecule has 2 aromatic rings. The van der Waals surface area contributed by atoms with Crippen molar-refractivity contribution in [2.24, 2.45) is 0 Å². The Labute approximate surface area is 108 Å². The van der Waals surface area contributed by atoms with Gasteiger partial charge in [-0.25, -0.2) is 4.98 Å². The Bertz CT molecular complexity index is 550.